The Bertz CT molecular complexity index is 826. The number of nitrogens with two attached hydrogens (primary N) is 1. The summed E-state index contributed by atoms with van der Waals surface area (Å²) in [5.41, 5.74) is 6.97. The molecule has 1 aromatic heterocycles. The van der Waals surface area contributed by atoms with Crippen molar-refractivity contribution in [3.05, 3.63) is 41.7 Å². The van der Waals surface area contributed by atoms with Gasteiger partial charge in [0.2, 0.25) is 0 Å². The number of nitrogen functional groups attached to an aromatic ring is 1. The molecule has 0 saturated carbocycles. The molecule has 2 aromatic rings. The molecule has 0 unspecified atom stereocenters. The molecule has 0 saturated heterocycles. The zero-order valence-electron chi connectivity index (χ0n) is 11.4. The number of fused-ring (bicyclic) bond motifs is 1. The number of carbonyl (C=O) groups is 1. The number of benzene rings is 1. The first-order chi connectivity index (χ1) is 9.89. The number of carbonyl (C=O) groups excluding carboxylic acids is 1. The number of aryl methyl sites for hydroxylation is 1. The molecule has 7 nitrogen and oxygen atoms in total. The third-order valence-corrected chi connectivity index (χ3v) is 5.21. The average Bonchev–Trinajstić information content (AvgIpc) is 2.90. The Labute approximate surface area is 122 Å². The molecule has 3 rings (SSSR count). The van der Waals surface area contributed by atoms with Crippen LogP contribution in [0.3, 0.4) is 0 Å². The second kappa shape index (κ2) is 4.59. The zero-order valence-corrected chi connectivity index (χ0v) is 12.2. The van der Waals surface area contributed by atoms with Gasteiger partial charge in [0.15, 0.2) is 0 Å². The highest BCUT2D eigenvalue weighted by molar-refractivity contribution is 7.90. The van der Waals surface area contributed by atoms with Crippen LogP contribution < -0.4 is 5.73 Å². The molecule has 0 radical (unpaired) electrons. The number of hydrogen-bond acceptors (Lipinski definition) is 5. The quantitative estimate of drug-likeness (QED) is 0.827. The van der Waals surface area contributed by atoms with Gasteiger partial charge in [0, 0.05) is 25.5 Å². The molecular formula is C13H14N4O3S. The Balaban J connectivity index is 1.89. The van der Waals surface area contributed by atoms with Gasteiger partial charge in [-0.15, -0.1) is 0 Å². The van der Waals surface area contributed by atoms with E-state index < -0.39 is 15.9 Å². The Morgan fingerprint density at radius 2 is 2.10 bits per heavy atom. The zero-order chi connectivity index (χ0) is 15.2. The lowest BCUT2D eigenvalue weighted by Crippen LogP contribution is -2.31. The van der Waals surface area contributed by atoms with Crippen LogP contribution >= 0.6 is 0 Å². The molecule has 110 valence electrons. The smallest absolute Gasteiger partial charge is 0.269 e. The number of aromatic nitrogens is 2. The molecule has 0 aliphatic carbocycles. The van der Waals surface area contributed by atoms with E-state index in [2.05, 4.69) is 5.10 Å². The topological polar surface area (TPSA) is 98.3 Å². The van der Waals surface area contributed by atoms with Gasteiger partial charge in [-0.3, -0.25) is 9.48 Å². The van der Waals surface area contributed by atoms with Crippen LogP contribution in [-0.2, 0) is 23.5 Å². The number of nitrogens with zero attached hydrogens (tertiary/aromatic N) is 3. The highest BCUT2D eigenvalue weighted by atomic mass is 32.2. The fraction of sp³-hybridized carbons (Fsp3) is 0.231. The van der Waals surface area contributed by atoms with Crippen LogP contribution in [0.1, 0.15) is 15.9 Å². The van der Waals surface area contributed by atoms with Crippen molar-refractivity contribution in [3.8, 4) is 0 Å². The second-order valence-corrected chi connectivity index (χ2v) is 6.74. The molecule has 0 fully saturated rings. The molecule has 1 aromatic carbocycles. The molecule has 1 amide bonds. The van der Waals surface area contributed by atoms with Crippen LogP contribution in [-0.4, -0.2) is 35.0 Å². The van der Waals surface area contributed by atoms with Crippen molar-refractivity contribution in [1.82, 2.24) is 14.1 Å². The minimum Gasteiger partial charge on any atom is -0.399 e. The van der Waals surface area contributed by atoms with Crippen molar-refractivity contribution in [2.24, 2.45) is 7.05 Å². The monoisotopic (exact) mass is 306 g/mol. The molecule has 0 atom stereocenters. The third kappa shape index (κ3) is 2.17. The van der Waals surface area contributed by atoms with Crippen LogP contribution in [0.15, 0.2) is 35.5 Å². The van der Waals surface area contributed by atoms with E-state index in [-0.39, 0.29) is 17.0 Å². The SMILES string of the molecule is Cn1cc(CCN2C(=O)c3ccc(N)cc3S2(=O)=O)cn1. The summed E-state index contributed by atoms with van der Waals surface area (Å²) in [7, 11) is -2.03. The number of rotatable bonds is 3. The van der Waals surface area contributed by atoms with E-state index in [4.69, 9.17) is 5.73 Å². The van der Waals surface area contributed by atoms with Gasteiger partial charge < -0.3 is 5.73 Å². The minimum atomic E-state index is -3.80. The fourth-order valence-electron chi connectivity index (χ4n) is 2.34. The van der Waals surface area contributed by atoms with E-state index in [0.717, 1.165) is 9.87 Å². The van der Waals surface area contributed by atoms with Crippen molar-refractivity contribution in [1.29, 1.82) is 0 Å². The van der Waals surface area contributed by atoms with E-state index >= 15 is 0 Å². The summed E-state index contributed by atoms with van der Waals surface area (Å²) in [6.07, 6.45) is 3.86. The summed E-state index contributed by atoms with van der Waals surface area (Å²) in [5, 5.41) is 4.02. The highest BCUT2D eigenvalue weighted by Gasteiger charge is 2.40. The Hall–Kier alpha value is -2.35. The van der Waals surface area contributed by atoms with Gasteiger partial charge in [-0.25, -0.2) is 12.7 Å². The lowest BCUT2D eigenvalue weighted by atomic mass is 10.2. The van der Waals surface area contributed by atoms with Gasteiger partial charge in [-0.05, 0) is 30.2 Å². The standard InChI is InChI=1S/C13H14N4O3S/c1-16-8-9(7-15-16)4-5-17-13(18)11-3-2-10(14)6-12(11)21(17,19)20/h2-3,6-8H,4-5,14H2,1H3. The molecule has 21 heavy (non-hydrogen) atoms. The normalized spacial score (nSPS) is 16.2. The molecule has 1 aliphatic rings. The van der Waals surface area contributed by atoms with E-state index in [1.165, 1.54) is 18.2 Å². The van der Waals surface area contributed by atoms with E-state index in [1.54, 1.807) is 24.1 Å². The predicted octanol–water partition coefficient (Wildman–Crippen LogP) is 0.389. The molecule has 2 N–H and O–H groups in total. The van der Waals surface area contributed by atoms with Gasteiger partial charge in [0.1, 0.15) is 4.90 Å². The third-order valence-electron chi connectivity index (χ3n) is 3.39. The summed E-state index contributed by atoms with van der Waals surface area (Å²) in [6.45, 7) is 0.0848. The van der Waals surface area contributed by atoms with Crippen molar-refractivity contribution >= 4 is 21.6 Å². The Morgan fingerprint density at radius 3 is 2.76 bits per heavy atom. The summed E-state index contributed by atoms with van der Waals surface area (Å²) >= 11 is 0. The first-order valence-electron chi connectivity index (χ1n) is 6.34. The van der Waals surface area contributed by atoms with Crippen LogP contribution in [0.4, 0.5) is 5.69 Å². The van der Waals surface area contributed by atoms with E-state index in [1.807, 2.05) is 0 Å². The maximum absolute atomic E-state index is 12.4. The van der Waals surface area contributed by atoms with E-state index in [0.29, 0.717) is 12.1 Å². The first-order valence-corrected chi connectivity index (χ1v) is 7.78. The maximum Gasteiger partial charge on any atom is 0.269 e. The van der Waals surface area contributed by atoms with Gasteiger partial charge >= 0.3 is 0 Å². The first kappa shape index (κ1) is 13.6. The minimum absolute atomic E-state index is 0.0151. The maximum atomic E-state index is 12.4. The predicted molar refractivity (Wildman–Crippen MR) is 76.0 cm³/mol. The average molecular weight is 306 g/mol. The molecule has 0 bridgehead atoms. The summed E-state index contributed by atoms with van der Waals surface area (Å²) in [6, 6.07) is 4.30. The fourth-order valence-corrected chi connectivity index (χ4v) is 3.95. The van der Waals surface area contributed by atoms with Crippen molar-refractivity contribution in [2.75, 3.05) is 12.3 Å². The Morgan fingerprint density at radius 1 is 1.33 bits per heavy atom. The van der Waals surface area contributed by atoms with Gasteiger partial charge in [-0.1, -0.05) is 0 Å². The van der Waals surface area contributed by atoms with Gasteiger partial charge in [-0.2, -0.15) is 5.10 Å². The molecular weight excluding hydrogens is 292 g/mol. The van der Waals surface area contributed by atoms with Gasteiger partial charge in [0.05, 0.1) is 11.8 Å². The largest absolute Gasteiger partial charge is 0.399 e. The van der Waals surface area contributed by atoms with Crippen LogP contribution in [0.2, 0.25) is 0 Å². The molecule has 8 heteroatoms. The molecule has 2 heterocycles. The van der Waals surface area contributed by atoms with Crippen LogP contribution in [0.25, 0.3) is 0 Å². The van der Waals surface area contributed by atoms with Crippen molar-refractivity contribution in [3.63, 3.8) is 0 Å². The van der Waals surface area contributed by atoms with Crippen molar-refractivity contribution in [2.45, 2.75) is 11.3 Å². The van der Waals surface area contributed by atoms with Crippen LogP contribution in [0.5, 0.6) is 0 Å². The number of sulfonamides is 1. The number of hydrogen-bond donors (Lipinski definition) is 1. The van der Waals surface area contributed by atoms with Gasteiger partial charge in [0.25, 0.3) is 15.9 Å². The van der Waals surface area contributed by atoms with Crippen LogP contribution in [0, 0.1) is 0 Å². The Kier molecular flexibility index (Phi) is 2.98. The number of amides is 1. The molecule has 0 spiro atoms. The van der Waals surface area contributed by atoms with E-state index in [9.17, 15) is 13.2 Å². The highest BCUT2D eigenvalue weighted by Crippen LogP contribution is 2.31. The summed E-state index contributed by atoms with van der Waals surface area (Å²) in [5.74, 6) is -0.506. The summed E-state index contributed by atoms with van der Waals surface area (Å²) in [4.78, 5) is 12.2. The number of anilines is 1. The molecule has 1 aliphatic heterocycles. The van der Waals surface area contributed by atoms with Crippen molar-refractivity contribution < 1.29 is 13.2 Å². The lowest BCUT2D eigenvalue weighted by molar-refractivity contribution is 0.0872. The second-order valence-electron chi connectivity index (χ2n) is 4.91. The summed E-state index contributed by atoms with van der Waals surface area (Å²) < 4.78 is 27.3. The lowest BCUT2D eigenvalue weighted by Gasteiger charge is -2.14.